The second-order valence-electron chi connectivity index (χ2n) is 4.22. The molecule has 0 saturated carbocycles. The van der Waals surface area contributed by atoms with Gasteiger partial charge in [-0.2, -0.15) is 0 Å². The molecule has 0 N–H and O–H groups in total. The van der Waals surface area contributed by atoms with Gasteiger partial charge in [-0.15, -0.1) is 0 Å². The number of pyridine rings is 1. The predicted molar refractivity (Wildman–Crippen MR) is 68.3 cm³/mol. The number of hydrogen-bond acceptors (Lipinski definition) is 4. The molecule has 1 aromatic heterocycles. The number of nitrogens with zero attached hydrogens (tertiary/aromatic N) is 3. The summed E-state index contributed by atoms with van der Waals surface area (Å²) in [5.41, 5.74) is 1.14. The first-order chi connectivity index (χ1) is 8.90. The van der Waals surface area contributed by atoms with E-state index in [0.29, 0.717) is 0 Å². The fraction of sp³-hybridized carbons (Fsp3) is 0.462. The minimum Gasteiger partial charge on any atom is -0.474 e. The molecule has 1 aromatic rings. The van der Waals surface area contributed by atoms with Crippen molar-refractivity contribution < 1.29 is 9.53 Å². The Labute approximate surface area is 106 Å². The summed E-state index contributed by atoms with van der Waals surface area (Å²) in [4.78, 5) is 19.6. The Bertz CT molecular complexity index is 380. The van der Waals surface area contributed by atoms with Crippen LogP contribution in [0.2, 0.25) is 0 Å². The lowest BCUT2D eigenvalue weighted by Crippen LogP contribution is -2.15. The highest BCUT2D eigenvalue weighted by molar-refractivity contribution is 5.49. The van der Waals surface area contributed by atoms with Crippen LogP contribution in [0.15, 0.2) is 29.5 Å². The molecule has 2 aliphatic heterocycles. The average Bonchev–Trinajstić information content (AvgIpc) is 3.14. The molecule has 3 heterocycles. The third-order valence-electron chi connectivity index (χ3n) is 2.94. The number of rotatable bonds is 2. The molecule has 0 spiro atoms. The Morgan fingerprint density at radius 1 is 1.28 bits per heavy atom. The standard InChI is InChI=1S/C8H8N2O.C5H9NO/c1-3-9-4-2-7(1)8-5-10-6-11-8;7-5-6-3-1-2-4-6/h1-4,6,8H,5H2;5H,1-4H2. The summed E-state index contributed by atoms with van der Waals surface area (Å²) in [5, 5.41) is 0. The predicted octanol–water partition coefficient (Wildman–Crippen LogP) is 1.42. The van der Waals surface area contributed by atoms with Gasteiger partial charge in [0.1, 0.15) is 6.10 Å². The van der Waals surface area contributed by atoms with Crippen LogP contribution in [0.25, 0.3) is 0 Å². The van der Waals surface area contributed by atoms with E-state index in [0.717, 1.165) is 31.6 Å². The molecule has 0 bridgehead atoms. The van der Waals surface area contributed by atoms with Gasteiger partial charge < -0.3 is 9.64 Å². The quantitative estimate of drug-likeness (QED) is 0.743. The molecule has 1 amide bonds. The van der Waals surface area contributed by atoms with Crippen molar-refractivity contribution in [2.24, 2.45) is 4.99 Å². The molecule has 96 valence electrons. The Balaban J connectivity index is 0.000000149. The van der Waals surface area contributed by atoms with E-state index >= 15 is 0 Å². The van der Waals surface area contributed by atoms with E-state index in [1.54, 1.807) is 17.3 Å². The van der Waals surface area contributed by atoms with Gasteiger partial charge in [0.25, 0.3) is 0 Å². The zero-order valence-electron chi connectivity index (χ0n) is 10.2. The first-order valence-electron chi connectivity index (χ1n) is 6.13. The van der Waals surface area contributed by atoms with Crippen molar-refractivity contribution in [2.75, 3.05) is 19.6 Å². The lowest BCUT2D eigenvalue weighted by Gasteiger charge is -2.06. The Hall–Kier alpha value is -1.91. The van der Waals surface area contributed by atoms with Gasteiger partial charge in [-0.3, -0.25) is 14.8 Å². The van der Waals surface area contributed by atoms with E-state index in [1.165, 1.54) is 19.2 Å². The molecule has 0 radical (unpaired) electrons. The first kappa shape index (κ1) is 12.5. The Kier molecular flexibility index (Phi) is 4.69. The lowest BCUT2D eigenvalue weighted by atomic mass is 10.1. The van der Waals surface area contributed by atoms with Crippen molar-refractivity contribution in [3.63, 3.8) is 0 Å². The van der Waals surface area contributed by atoms with Crippen LogP contribution in [0, 0.1) is 0 Å². The number of carbonyl (C=O) groups is 1. The monoisotopic (exact) mass is 247 g/mol. The van der Waals surface area contributed by atoms with Crippen LogP contribution in [0.5, 0.6) is 0 Å². The van der Waals surface area contributed by atoms with E-state index < -0.39 is 0 Å². The van der Waals surface area contributed by atoms with Crippen LogP contribution in [0.4, 0.5) is 0 Å². The first-order valence-corrected chi connectivity index (χ1v) is 6.13. The molecular formula is C13H17N3O2. The Morgan fingerprint density at radius 2 is 2.00 bits per heavy atom. The summed E-state index contributed by atoms with van der Waals surface area (Å²) in [6, 6.07) is 3.89. The largest absolute Gasteiger partial charge is 0.474 e. The van der Waals surface area contributed by atoms with Gasteiger partial charge >= 0.3 is 0 Å². The maximum Gasteiger partial charge on any atom is 0.209 e. The van der Waals surface area contributed by atoms with Crippen molar-refractivity contribution in [3.05, 3.63) is 30.1 Å². The molecular weight excluding hydrogens is 230 g/mol. The maximum absolute atomic E-state index is 9.93. The minimum absolute atomic E-state index is 0.109. The van der Waals surface area contributed by atoms with Gasteiger partial charge in [0.15, 0.2) is 6.40 Å². The van der Waals surface area contributed by atoms with Gasteiger partial charge in [0.2, 0.25) is 6.41 Å². The number of aromatic nitrogens is 1. The third kappa shape index (κ3) is 3.55. The zero-order chi connectivity index (χ0) is 12.6. The topological polar surface area (TPSA) is 54.8 Å². The van der Waals surface area contributed by atoms with E-state index in [-0.39, 0.29) is 6.10 Å². The third-order valence-corrected chi connectivity index (χ3v) is 2.94. The molecule has 3 rings (SSSR count). The number of aliphatic imine (C=N–C) groups is 1. The zero-order valence-corrected chi connectivity index (χ0v) is 10.2. The van der Waals surface area contributed by atoms with Crippen LogP contribution in [-0.2, 0) is 9.53 Å². The number of carbonyl (C=O) groups excluding carboxylic acids is 1. The van der Waals surface area contributed by atoms with Crippen LogP contribution in [0.3, 0.4) is 0 Å². The second-order valence-corrected chi connectivity index (χ2v) is 4.22. The normalized spacial score (nSPS) is 21.1. The average molecular weight is 247 g/mol. The fourth-order valence-corrected chi connectivity index (χ4v) is 1.91. The summed E-state index contributed by atoms with van der Waals surface area (Å²) in [7, 11) is 0. The molecule has 1 atom stereocenters. The highest BCUT2D eigenvalue weighted by Crippen LogP contribution is 2.18. The second kappa shape index (κ2) is 6.74. The van der Waals surface area contributed by atoms with Crippen molar-refractivity contribution in [1.82, 2.24) is 9.88 Å². The molecule has 5 heteroatoms. The van der Waals surface area contributed by atoms with E-state index in [4.69, 9.17) is 4.74 Å². The molecule has 1 fully saturated rings. The SMILES string of the molecule is C1=NCC(c2ccncc2)O1.O=CN1CCCC1. The molecule has 1 unspecified atom stereocenters. The van der Waals surface area contributed by atoms with Gasteiger partial charge in [-0.25, -0.2) is 0 Å². The maximum atomic E-state index is 9.93. The minimum atomic E-state index is 0.109. The summed E-state index contributed by atoms with van der Waals surface area (Å²) < 4.78 is 5.22. The van der Waals surface area contributed by atoms with Crippen LogP contribution >= 0.6 is 0 Å². The number of amides is 1. The number of hydrogen-bond donors (Lipinski definition) is 0. The van der Waals surface area contributed by atoms with Gasteiger partial charge in [0, 0.05) is 25.5 Å². The molecule has 2 aliphatic rings. The smallest absolute Gasteiger partial charge is 0.209 e. The van der Waals surface area contributed by atoms with E-state index in [1.807, 2.05) is 12.1 Å². The van der Waals surface area contributed by atoms with Crippen molar-refractivity contribution in [2.45, 2.75) is 18.9 Å². The highest BCUT2D eigenvalue weighted by Gasteiger charge is 2.13. The summed E-state index contributed by atoms with van der Waals surface area (Å²) >= 11 is 0. The molecule has 0 aromatic carbocycles. The lowest BCUT2D eigenvalue weighted by molar-refractivity contribution is -0.117. The fourth-order valence-electron chi connectivity index (χ4n) is 1.91. The number of likely N-dealkylation sites (tertiary alicyclic amines) is 1. The summed E-state index contributed by atoms with van der Waals surface area (Å²) in [6.45, 7) is 2.68. The number of ether oxygens (including phenoxy) is 1. The van der Waals surface area contributed by atoms with Gasteiger partial charge in [-0.05, 0) is 30.5 Å². The molecule has 5 nitrogen and oxygen atoms in total. The van der Waals surface area contributed by atoms with E-state index in [2.05, 4.69) is 9.98 Å². The van der Waals surface area contributed by atoms with E-state index in [9.17, 15) is 4.79 Å². The van der Waals surface area contributed by atoms with Crippen molar-refractivity contribution in [3.8, 4) is 0 Å². The molecule has 1 saturated heterocycles. The molecule has 0 aliphatic carbocycles. The van der Waals surface area contributed by atoms with Crippen LogP contribution < -0.4 is 0 Å². The van der Waals surface area contributed by atoms with Crippen LogP contribution in [-0.4, -0.2) is 42.3 Å². The molecule has 18 heavy (non-hydrogen) atoms. The Morgan fingerprint density at radius 3 is 2.50 bits per heavy atom. The van der Waals surface area contributed by atoms with Gasteiger partial charge in [-0.1, -0.05) is 0 Å². The summed E-state index contributed by atoms with van der Waals surface area (Å²) in [5.74, 6) is 0. The van der Waals surface area contributed by atoms with Crippen LogP contribution in [0.1, 0.15) is 24.5 Å². The van der Waals surface area contributed by atoms with Crippen molar-refractivity contribution in [1.29, 1.82) is 0 Å². The summed E-state index contributed by atoms with van der Waals surface area (Å²) in [6.07, 6.45) is 8.45. The van der Waals surface area contributed by atoms with Gasteiger partial charge in [0.05, 0.1) is 6.54 Å². The highest BCUT2D eigenvalue weighted by atomic mass is 16.5. The van der Waals surface area contributed by atoms with Crippen molar-refractivity contribution >= 4 is 12.8 Å².